The molecule has 0 fully saturated rings. The summed E-state index contributed by atoms with van der Waals surface area (Å²) >= 11 is 0. The van der Waals surface area contributed by atoms with Gasteiger partial charge in [-0.25, -0.2) is 9.37 Å². The summed E-state index contributed by atoms with van der Waals surface area (Å²) in [5.74, 6) is 0.163. The molecule has 100 valence electrons. The van der Waals surface area contributed by atoms with E-state index in [0.29, 0.717) is 22.8 Å². The second-order valence-corrected chi connectivity index (χ2v) is 4.38. The van der Waals surface area contributed by atoms with Gasteiger partial charge in [0.05, 0.1) is 5.69 Å². The van der Waals surface area contributed by atoms with Crippen molar-refractivity contribution in [3.63, 3.8) is 0 Å². The third-order valence-corrected chi connectivity index (χ3v) is 2.77. The second-order valence-electron chi connectivity index (χ2n) is 4.38. The van der Waals surface area contributed by atoms with Gasteiger partial charge in [-0.05, 0) is 42.8 Å². The average Bonchev–Trinajstić information content (AvgIpc) is 2.87. The van der Waals surface area contributed by atoms with Crippen molar-refractivity contribution in [2.24, 2.45) is 0 Å². The molecule has 20 heavy (non-hydrogen) atoms. The van der Waals surface area contributed by atoms with E-state index in [2.05, 4.69) is 15.1 Å². The Labute approximate surface area is 114 Å². The minimum Gasteiger partial charge on any atom is -0.397 e. The van der Waals surface area contributed by atoms with Crippen molar-refractivity contribution in [3.8, 4) is 23.0 Å². The standard InChI is InChI=1S/C14H11FN4O/c1-8-5-9(7-10(15)6-8)13-18-14(20-19-13)12-11(16)3-2-4-17-12/h2-7H,16H2,1H3. The topological polar surface area (TPSA) is 77.8 Å². The lowest BCUT2D eigenvalue weighted by atomic mass is 10.1. The molecule has 3 aromatic rings. The van der Waals surface area contributed by atoms with E-state index in [-0.39, 0.29) is 11.7 Å². The number of rotatable bonds is 2. The van der Waals surface area contributed by atoms with E-state index in [4.69, 9.17) is 10.3 Å². The van der Waals surface area contributed by atoms with Crippen molar-refractivity contribution < 1.29 is 8.91 Å². The molecule has 0 aliphatic rings. The zero-order valence-corrected chi connectivity index (χ0v) is 10.7. The van der Waals surface area contributed by atoms with E-state index >= 15 is 0 Å². The molecule has 0 saturated carbocycles. The van der Waals surface area contributed by atoms with Crippen LogP contribution in [0.25, 0.3) is 23.0 Å². The molecule has 0 atom stereocenters. The highest BCUT2D eigenvalue weighted by Crippen LogP contribution is 2.25. The van der Waals surface area contributed by atoms with Crippen LogP contribution in [-0.2, 0) is 0 Å². The Hall–Kier alpha value is -2.76. The fraction of sp³-hybridized carbons (Fsp3) is 0.0714. The van der Waals surface area contributed by atoms with Gasteiger partial charge in [-0.2, -0.15) is 4.98 Å². The van der Waals surface area contributed by atoms with E-state index in [1.165, 1.54) is 12.1 Å². The molecule has 2 aromatic heterocycles. The van der Waals surface area contributed by atoms with E-state index in [1.807, 2.05) is 0 Å². The number of halogens is 1. The maximum absolute atomic E-state index is 13.4. The number of nitrogen functional groups attached to an aromatic ring is 1. The molecule has 0 aliphatic carbocycles. The third-order valence-electron chi connectivity index (χ3n) is 2.77. The van der Waals surface area contributed by atoms with Crippen molar-refractivity contribution in [2.45, 2.75) is 6.92 Å². The van der Waals surface area contributed by atoms with Crippen LogP contribution >= 0.6 is 0 Å². The molecule has 0 amide bonds. The lowest BCUT2D eigenvalue weighted by Gasteiger charge is -1.98. The van der Waals surface area contributed by atoms with Gasteiger partial charge in [0.25, 0.3) is 5.89 Å². The van der Waals surface area contributed by atoms with Crippen LogP contribution in [-0.4, -0.2) is 15.1 Å². The summed E-state index contributed by atoms with van der Waals surface area (Å²) in [7, 11) is 0. The van der Waals surface area contributed by atoms with Gasteiger partial charge in [0.15, 0.2) is 5.69 Å². The normalized spacial score (nSPS) is 10.7. The summed E-state index contributed by atoms with van der Waals surface area (Å²) in [4.78, 5) is 8.30. The van der Waals surface area contributed by atoms with E-state index in [1.54, 1.807) is 31.3 Å². The molecule has 0 saturated heterocycles. The highest BCUT2D eigenvalue weighted by molar-refractivity contribution is 5.67. The average molecular weight is 270 g/mol. The molecule has 2 heterocycles. The fourth-order valence-electron chi connectivity index (χ4n) is 1.90. The van der Waals surface area contributed by atoms with Crippen LogP contribution in [0.4, 0.5) is 10.1 Å². The predicted octanol–water partition coefficient (Wildman–Crippen LogP) is 2.83. The van der Waals surface area contributed by atoms with Crippen molar-refractivity contribution in [3.05, 3.63) is 47.9 Å². The zero-order valence-electron chi connectivity index (χ0n) is 10.7. The van der Waals surface area contributed by atoms with E-state index in [9.17, 15) is 4.39 Å². The number of hydrogen-bond acceptors (Lipinski definition) is 5. The Bertz CT molecular complexity index is 749. The van der Waals surface area contributed by atoms with Crippen molar-refractivity contribution in [1.29, 1.82) is 0 Å². The first-order valence-electron chi connectivity index (χ1n) is 5.95. The van der Waals surface area contributed by atoms with Gasteiger partial charge in [0, 0.05) is 11.8 Å². The Morgan fingerprint density at radius 1 is 1.25 bits per heavy atom. The van der Waals surface area contributed by atoms with Gasteiger partial charge >= 0.3 is 0 Å². The lowest BCUT2D eigenvalue weighted by molar-refractivity contribution is 0.431. The molecule has 0 radical (unpaired) electrons. The summed E-state index contributed by atoms with van der Waals surface area (Å²) in [6.45, 7) is 1.80. The molecule has 5 nitrogen and oxygen atoms in total. The van der Waals surface area contributed by atoms with Crippen LogP contribution in [0, 0.1) is 12.7 Å². The van der Waals surface area contributed by atoms with Gasteiger partial charge in [0.2, 0.25) is 5.82 Å². The largest absolute Gasteiger partial charge is 0.397 e. The Kier molecular flexibility index (Phi) is 2.90. The molecule has 1 aromatic carbocycles. The SMILES string of the molecule is Cc1cc(F)cc(-c2noc(-c3ncccc3N)n2)c1. The van der Waals surface area contributed by atoms with Gasteiger partial charge < -0.3 is 10.3 Å². The van der Waals surface area contributed by atoms with Gasteiger partial charge in [-0.3, -0.25) is 0 Å². The summed E-state index contributed by atoms with van der Waals surface area (Å²) in [5.41, 5.74) is 7.99. The first kappa shape index (κ1) is 12.3. The second kappa shape index (κ2) is 4.73. The predicted molar refractivity (Wildman–Crippen MR) is 72.1 cm³/mol. The molecule has 0 spiro atoms. The van der Waals surface area contributed by atoms with Crippen molar-refractivity contribution in [2.75, 3.05) is 5.73 Å². The lowest BCUT2D eigenvalue weighted by Crippen LogP contribution is -1.92. The molecule has 6 heteroatoms. The maximum Gasteiger partial charge on any atom is 0.278 e. The number of aryl methyl sites for hydroxylation is 1. The number of benzene rings is 1. The Morgan fingerprint density at radius 3 is 2.85 bits per heavy atom. The zero-order chi connectivity index (χ0) is 14.1. The number of anilines is 1. The quantitative estimate of drug-likeness (QED) is 0.774. The third kappa shape index (κ3) is 2.23. The fourth-order valence-corrected chi connectivity index (χ4v) is 1.90. The van der Waals surface area contributed by atoms with Crippen LogP contribution in [0.15, 0.2) is 41.1 Å². The minimum absolute atomic E-state index is 0.208. The summed E-state index contributed by atoms with van der Waals surface area (Å²) in [6, 6.07) is 7.97. The molecule has 0 aliphatic heterocycles. The molecule has 2 N–H and O–H groups in total. The Balaban J connectivity index is 2.04. The van der Waals surface area contributed by atoms with Crippen LogP contribution in [0.3, 0.4) is 0 Å². The molecular weight excluding hydrogens is 259 g/mol. The Morgan fingerprint density at radius 2 is 2.10 bits per heavy atom. The highest BCUT2D eigenvalue weighted by Gasteiger charge is 2.14. The van der Waals surface area contributed by atoms with Crippen molar-refractivity contribution >= 4 is 5.69 Å². The van der Waals surface area contributed by atoms with Crippen molar-refractivity contribution in [1.82, 2.24) is 15.1 Å². The molecule has 0 bridgehead atoms. The van der Waals surface area contributed by atoms with Gasteiger partial charge in [0.1, 0.15) is 5.82 Å². The molecular formula is C14H11FN4O. The van der Waals surface area contributed by atoms with Gasteiger partial charge in [-0.1, -0.05) is 5.16 Å². The number of nitrogens with zero attached hydrogens (tertiary/aromatic N) is 3. The molecule has 0 unspecified atom stereocenters. The number of pyridine rings is 1. The van der Waals surface area contributed by atoms with E-state index < -0.39 is 0 Å². The maximum atomic E-state index is 13.4. The summed E-state index contributed by atoms with van der Waals surface area (Å²) < 4.78 is 18.5. The van der Waals surface area contributed by atoms with Crippen LogP contribution in [0.5, 0.6) is 0 Å². The van der Waals surface area contributed by atoms with Crippen LogP contribution in [0.1, 0.15) is 5.56 Å². The van der Waals surface area contributed by atoms with Crippen LogP contribution in [0.2, 0.25) is 0 Å². The number of hydrogen-bond donors (Lipinski definition) is 1. The summed E-state index contributed by atoms with van der Waals surface area (Å²) in [6.07, 6.45) is 1.59. The number of nitrogens with two attached hydrogens (primary N) is 1. The monoisotopic (exact) mass is 270 g/mol. The number of aromatic nitrogens is 3. The van der Waals surface area contributed by atoms with E-state index in [0.717, 1.165) is 5.56 Å². The van der Waals surface area contributed by atoms with Crippen LogP contribution < -0.4 is 5.73 Å². The van der Waals surface area contributed by atoms with Gasteiger partial charge in [-0.15, -0.1) is 0 Å². The minimum atomic E-state index is -0.344. The first-order valence-corrected chi connectivity index (χ1v) is 5.95. The molecule has 3 rings (SSSR count). The first-order chi connectivity index (χ1) is 9.63. The smallest absolute Gasteiger partial charge is 0.278 e. The summed E-state index contributed by atoms with van der Waals surface area (Å²) in [5, 5.41) is 3.84. The highest BCUT2D eigenvalue weighted by atomic mass is 19.1.